The molecule has 0 bridgehead atoms. The minimum Gasteiger partial charge on any atom is -0.493 e. The molecule has 2 rings (SSSR count). The number of rotatable bonds is 6. The first-order valence-electron chi connectivity index (χ1n) is 5.95. The molecule has 3 N–H and O–H groups in total. The molecule has 0 aliphatic rings. The van der Waals surface area contributed by atoms with Crippen molar-refractivity contribution in [1.29, 1.82) is 0 Å². The predicted octanol–water partition coefficient (Wildman–Crippen LogP) is 0.788. The minimum atomic E-state index is -0.211. The number of hydrogen-bond acceptors (Lipinski definition) is 3. The van der Waals surface area contributed by atoms with Crippen molar-refractivity contribution in [2.75, 3.05) is 6.61 Å². The van der Waals surface area contributed by atoms with Gasteiger partial charge in [-0.3, -0.25) is 14.7 Å². The van der Waals surface area contributed by atoms with E-state index in [1.807, 2.05) is 30.3 Å². The highest BCUT2D eigenvalue weighted by molar-refractivity contribution is 5.75. The van der Waals surface area contributed by atoms with Crippen molar-refractivity contribution in [3.05, 3.63) is 52.4 Å². The number of aromatic amines is 2. The number of para-hydroxylation sites is 1. The fraction of sp³-hybridized carbons (Fsp3) is 0.231. The Morgan fingerprint density at radius 1 is 1.21 bits per heavy atom. The van der Waals surface area contributed by atoms with Crippen LogP contribution < -0.4 is 15.6 Å². The van der Waals surface area contributed by atoms with Crippen LogP contribution in [0.25, 0.3) is 0 Å². The Kier molecular flexibility index (Phi) is 4.39. The lowest BCUT2D eigenvalue weighted by Crippen LogP contribution is -2.24. The topological polar surface area (TPSA) is 87.0 Å². The number of hydrogen-bond donors (Lipinski definition) is 3. The monoisotopic (exact) mass is 261 g/mol. The molecule has 2 aromatic rings. The zero-order valence-corrected chi connectivity index (χ0v) is 10.3. The van der Waals surface area contributed by atoms with E-state index >= 15 is 0 Å². The fourth-order valence-corrected chi connectivity index (χ4v) is 1.53. The standard InChI is InChI=1S/C13H15N3O3/c17-12(14-9-10-8-13(18)16-15-10)6-7-19-11-4-2-1-3-5-11/h1-5,8H,6-7,9H2,(H,14,17)(H2,15,16,18). The Labute approximate surface area is 109 Å². The summed E-state index contributed by atoms with van der Waals surface area (Å²) in [4.78, 5) is 22.4. The zero-order valence-electron chi connectivity index (χ0n) is 10.3. The second-order valence-electron chi connectivity index (χ2n) is 3.97. The number of aromatic nitrogens is 2. The van der Waals surface area contributed by atoms with Crippen LogP contribution in [0.4, 0.5) is 0 Å². The molecule has 0 fully saturated rings. The van der Waals surface area contributed by atoms with Gasteiger partial charge in [-0.05, 0) is 12.1 Å². The molecule has 0 radical (unpaired) electrons. The molecular weight excluding hydrogens is 246 g/mol. The molecule has 100 valence electrons. The van der Waals surface area contributed by atoms with Gasteiger partial charge >= 0.3 is 0 Å². The second-order valence-corrected chi connectivity index (χ2v) is 3.97. The Morgan fingerprint density at radius 3 is 2.68 bits per heavy atom. The van der Waals surface area contributed by atoms with Crippen molar-refractivity contribution in [2.24, 2.45) is 0 Å². The molecule has 6 heteroatoms. The zero-order chi connectivity index (χ0) is 13.5. The van der Waals surface area contributed by atoms with Crippen LogP contribution in [0.15, 0.2) is 41.2 Å². The summed E-state index contributed by atoms with van der Waals surface area (Å²) in [7, 11) is 0. The third kappa shape index (κ3) is 4.34. The number of nitrogens with one attached hydrogen (secondary N) is 3. The Balaban J connectivity index is 1.66. The van der Waals surface area contributed by atoms with Gasteiger partial charge in [-0.25, -0.2) is 0 Å². The van der Waals surface area contributed by atoms with E-state index in [1.54, 1.807) is 0 Å². The average Bonchev–Trinajstić information content (AvgIpc) is 2.83. The number of H-pyrrole nitrogens is 2. The molecule has 0 unspecified atom stereocenters. The molecule has 6 nitrogen and oxygen atoms in total. The summed E-state index contributed by atoms with van der Waals surface area (Å²) in [5.74, 6) is 0.614. The second kappa shape index (κ2) is 6.44. The van der Waals surface area contributed by atoms with E-state index < -0.39 is 0 Å². The summed E-state index contributed by atoms with van der Waals surface area (Å²) >= 11 is 0. The molecule has 0 saturated heterocycles. The van der Waals surface area contributed by atoms with Crippen LogP contribution in [-0.2, 0) is 11.3 Å². The first-order valence-corrected chi connectivity index (χ1v) is 5.95. The van der Waals surface area contributed by atoms with Gasteiger partial charge in [-0.1, -0.05) is 18.2 Å². The molecular formula is C13H15N3O3. The molecule has 19 heavy (non-hydrogen) atoms. The maximum atomic E-state index is 11.5. The Morgan fingerprint density at radius 2 is 2.00 bits per heavy atom. The van der Waals surface area contributed by atoms with E-state index in [0.717, 1.165) is 5.75 Å². The smallest absolute Gasteiger partial charge is 0.264 e. The van der Waals surface area contributed by atoms with Crippen molar-refractivity contribution < 1.29 is 9.53 Å². The average molecular weight is 261 g/mol. The maximum Gasteiger partial charge on any atom is 0.264 e. The molecule has 1 aromatic carbocycles. The van der Waals surface area contributed by atoms with Gasteiger partial charge in [0.05, 0.1) is 25.3 Å². The third-order valence-electron chi connectivity index (χ3n) is 2.47. The number of amides is 1. The predicted molar refractivity (Wildman–Crippen MR) is 69.8 cm³/mol. The largest absolute Gasteiger partial charge is 0.493 e. The van der Waals surface area contributed by atoms with E-state index in [9.17, 15) is 9.59 Å². The quantitative estimate of drug-likeness (QED) is 0.718. The van der Waals surface area contributed by atoms with E-state index in [-0.39, 0.29) is 17.9 Å². The first kappa shape index (κ1) is 12.9. The Bertz CT molecular complexity index is 574. The van der Waals surface area contributed by atoms with Gasteiger partial charge in [0.2, 0.25) is 5.91 Å². The van der Waals surface area contributed by atoms with E-state index in [4.69, 9.17) is 4.74 Å². The molecule has 1 aromatic heterocycles. The van der Waals surface area contributed by atoms with Gasteiger partial charge in [0.1, 0.15) is 5.75 Å². The lowest BCUT2D eigenvalue weighted by atomic mass is 10.3. The maximum absolute atomic E-state index is 11.5. The lowest BCUT2D eigenvalue weighted by molar-refractivity contribution is -0.121. The van der Waals surface area contributed by atoms with Crippen LogP contribution in [0.2, 0.25) is 0 Å². The summed E-state index contributed by atoms with van der Waals surface area (Å²) in [6, 6.07) is 10.7. The third-order valence-corrected chi connectivity index (χ3v) is 2.47. The normalized spacial score (nSPS) is 10.1. The van der Waals surface area contributed by atoms with Crippen molar-refractivity contribution in [3.8, 4) is 5.75 Å². The SMILES string of the molecule is O=C(CCOc1ccccc1)NCc1cc(=O)[nH][nH]1. The Hall–Kier alpha value is -2.50. The number of benzene rings is 1. The van der Waals surface area contributed by atoms with Crippen molar-refractivity contribution >= 4 is 5.91 Å². The van der Waals surface area contributed by atoms with E-state index in [0.29, 0.717) is 18.8 Å². The van der Waals surface area contributed by atoms with Gasteiger partial charge in [0, 0.05) is 6.07 Å². The molecule has 0 atom stereocenters. The van der Waals surface area contributed by atoms with Crippen LogP contribution >= 0.6 is 0 Å². The molecule has 1 amide bonds. The summed E-state index contributed by atoms with van der Waals surface area (Å²) < 4.78 is 5.41. The highest BCUT2D eigenvalue weighted by atomic mass is 16.5. The number of ether oxygens (including phenoxy) is 1. The van der Waals surface area contributed by atoms with Crippen molar-refractivity contribution in [2.45, 2.75) is 13.0 Å². The highest BCUT2D eigenvalue weighted by Crippen LogP contribution is 2.08. The fourth-order valence-electron chi connectivity index (χ4n) is 1.53. The number of carbonyl (C=O) groups excluding carboxylic acids is 1. The molecule has 1 heterocycles. The molecule has 0 saturated carbocycles. The van der Waals surface area contributed by atoms with Gasteiger partial charge < -0.3 is 15.2 Å². The van der Waals surface area contributed by atoms with Crippen molar-refractivity contribution in [1.82, 2.24) is 15.5 Å². The first-order chi connectivity index (χ1) is 9.24. The van der Waals surface area contributed by atoms with Crippen LogP contribution in [0.3, 0.4) is 0 Å². The summed E-state index contributed by atoms with van der Waals surface area (Å²) in [6.45, 7) is 0.614. The van der Waals surface area contributed by atoms with E-state index in [2.05, 4.69) is 15.5 Å². The van der Waals surface area contributed by atoms with Crippen LogP contribution in [0, 0.1) is 0 Å². The van der Waals surface area contributed by atoms with Gasteiger partial charge in [-0.15, -0.1) is 0 Å². The van der Waals surface area contributed by atoms with Crippen LogP contribution in [0.5, 0.6) is 5.75 Å². The minimum absolute atomic E-state index is 0.127. The van der Waals surface area contributed by atoms with Gasteiger partial charge in [0.15, 0.2) is 0 Å². The highest BCUT2D eigenvalue weighted by Gasteiger charge is 2.03. The van der Waals surface area contributed by atoms with Gasteiger partial charge in [0.25, 0.3) is 5.56 Å². The number of carbonyl (C=O) groups is 1. The lowest BCUT2D eigenvalue weighted by Gasteiger charge is -2.06. The molecule has 0 spiro atoms. The summed E-state index contributed by atoms with van der Waals surface area (Å²) in [5, 5.41) is 7.75. The van der Waals surface area contributed by atoms with Crippen LogP contribution in [0.1, 0.15) is 12.1 Å². The van der Waals surface area contributed by atoms with Crippen molar-refractivity contribution in [3.63, 3.8) is 0 Å². The van der Waals surface area contributed by atoms with Crippen LogP contribution in [-0.4, -0.2) is 22.7 Å². The summed E-state index contributed by atoms with van der Waals surface area (Å²) in [6.07, 6.45) is 0.267. The molecule has 0 aliphatic carbocycles. The van der Waals surface area contributed by atoms with Gasteiger partial charge in [-0.2, -0.15) is 0 Å². The summed E-state index contributed by atoms with van der Waals surface area (Å²) in [5.41, 5.74) is 0.430. The molecule has 0 aliphatic heterocycles. The van der Waals surface area contributed by atoms with E-state index in [1.165, 1.54) is 6.07 Å².